The van der Waals surface area contributed by atoms with Crippen molar-refractivity contribution in [3.8, 4) is 11.5 Å². The molecule has 0 bridgehead atoms. The van der Waals surface area contributed by atoms with E-state index >= 15 is 0 Å². The van der Waals surface area contributed by atoms with Gasteiger partial charge < -0.3 is 25.2 Å². The molecular weight excluding hydrogens is 424 g/mol. The molecule has 0 aliphatic carbocycles. The van der Waals surface area contributed by atoms with Crippen LogP contribution in [-0.2, 0) is 6.61 Å². The summed E-state index contributed by atoms with van der Waals surface area (Å²) in [6, 6.07) is 11.3. The smallest absolute Gasteiger partial charge is 0.229 e. The molecule has 7 nitrogen and oxygen atoms in total. The summed E-state index contributed by atoms with van der Waals surface area (Å²) in [4.78, 5) is 8.85. The number of rotatable bonds is 7. The molecule has 146 valence electrons. The van der Waals surface area contributed by atoms with Gasteiger partial charge in [0.1, 0.15) is 5.82 Å². The van der Waals surface area contributed by atoms with Gasteiger partial charge in [0, 0.05) is 29.2 Å². The highest BCUT2D eigenvalue weighted by Gasteiger charge is 2.12. The molecule has 2 aromatic carbocycles. The summed E-state index contributed by atoms with van der Waals surface area (Å²) in [5, 5.41) is 15.9. The number of aryl methyl sites for hydroxylation is 1. The highest BCUT2D eigenvalue weighted by molar-refractivity contribution is 9.10. The van der Waals surface area contributed by atoms with Crippen LogP contribution in [-0.4, -0.2) is 29.3 Å². The Labute approximate surface area is 171 Å². The van der Waals surface area contributed by atoms with Crippen LogP contribution in [0.15, 0.2) is 47.1 Å². The predicted molar refractivity (Wildman–Crippen MR) is 113 cm³/mol. The highest BCUT2D eigenvalue weighted by Crippen LogP contribution is 2.35. The number of benzene rings is 2. The summed E-state index contributed by atoms with van der Waals surface area (Å²) >= 11 is 3.46. The zero-order valence-electron chi connectivity index (χ0n) is 15.8. The van der Waals surface area contributed by atoms with Crippen molar-refractivity contribution in [1.82, 2.24) is 9.97 Å². The Balaban J connectivity index is 1.89. The van der Waals surface area contributed by atoms with Crippen LogP contribution in [0.2, 0.25) is 0 Å². The number of nitrogens with one attached hydrogen (secondary N) is 2. The minimum absolute atomic E-state index is 0.0676. The number of hydrogen-bond donors (Lipinski definition) is 3. The van der Waals surface area contributed by atoms with E-state index in [9.17, 15) is 5.11 Å². The minimum atomic E-state index is -0.0676. The van der Waals surface area contributed by atoms with Gasteiger partial charge in [0.2, 0.25) is 5.95 Å². The van der Waals surface area contributed by atoms with Gasteiger partial charge in [-0.25, -0.2) is 4.98 Å². The van der Waals surface area contributed by atoms with E-state index in [-0.39, 0.29) is 6.61 Å². The molecule has 8 heteroatoms. The zero-order chi connectivity index (χ0) is 20.1. The van der Waals surface area contributed by atoms with Crippen molar-refractivity contribution in [1.29, 1.82) is 0 Å². The molecule has 1 heterocycles. The second kappa shape index (κ2) is 8.90. The van der Waals surface area contributed by atoms with Gasteiger partial charge in [-0.1, -0.05) is 18.2 Å². The van der Waals surface area contributed by atoms with Crippen molar-refractivity contribution in [2.24, 2.45) is 0 Å². The lowest BCUT2D eigenvalue weighted by Gasteiger charge is -2.15. The first-order chi connectivity index (χ1) is 13.5. The van der Waals surface area contributed by atoms with Gasteiger partial charge in [0.25, 0.3) is 0 Å². The van der Waals surface area contributed by atoms with Crippen molar-refractivity contribution in [3.63, 3.8) is 0 Å². The van der Waals surface area contributed by atoms with Gasteiger partial charge in [-0.3, -0.25) is 0 Å². The van der Waals surface area contributed by atoms with Crippen molar-refractivity contribution >= 4 is 39.1 Å². The van der Waals surface area contributed by atoms with E-state index in [0.29, 0.717) is 27.7 Å². The van der Waals surface area contributed by atoms with Crippen molar-refractivity contribution in [2.75, 3.05) is 24.9 Å². The Morgan fingerprint density at radius 2 is 1.89 bits per heavy atom. The van der Waals surface area contributed by atoms with Crippen molar-refractivity contribution < 1.29 is 14.6 Å². The molecule has 0 spiro atoms. The molecule has 1 aromatic heterocycles. The molecule has 3 rings (SSSR count). The summed E-state index contributed by atoms with van der Waals surface area (Å²) in [6.45, 7) is 1.87. The molecule has 0 radical (unpaired) electrons. The van der Waals surface area contributed by atoms with E-state index in [1.54, 1.807) is 20.4 Å². The maximum atomic E-state index is 9.51. The third-order valence-electron chi connectivity index (χ3n) is 4.11. The predicted octanol–water partition coefficient (Wildman–Crippen LogP) is 4.54. The Morgan fingerprint density at radius 1 is 1.11 bits per heavy atom. The van der Waals surface area contributed by atoms with E-state index in [0.717, 1.165) is 22.5 Å². The molecule has 0 aliphatic heterocycles. The SMILES string of the molecule is COc1cc(Nc2ncc(Br)c(Nc3ccccc3CO)n2)cc(C)c1OC. The summed E-state index contributed by atoms with van der Waals surface area (Å²) in [5.74, 6) is 2.31. The van der Waals surface area contributed by atoms with Gasteiger partial charge in [-0.05, 0) is 40.5 Å². The molecule has 0 saturated carbocycles. The van der Waals surface area contributed by atoms with E-state index in [4.69, 9.17) is 9.47 Å². The topological polar surface area (TPSA) is 88.5 Å². The lowest BCUT2D eigenvalue weighted by Crippen LogP contribution is -2.04. The van der Waals surface area contributed by atoms with Crippen LogP contribution in [0, 0.1) is 6.92 Å². The highest BCUT2D eigenvalue weighted by atomic mass is 79.9. The van der Waals surface area contributed by atoms with Crippen molar-refractivity contribution in [2.45, 2.75) is 13.5 Å². The molecule has 0 unspecified atom stereocenters. The van der Waals surface area contributed by atoms with Gasteiger partial charge in [0.15, 0.2) is 11.5 Å². The largest absolute Gasteiger partial charge is 0.493 e. The average molecular weight is 445 g/mol. The van der Waals surface area contributed by atoms with E-state index in [1.807, 2.05) is 43.3 Å². The minimum Gasteiger partial charge on any atom is -0.493 e. The number of halogens is 1. The van der Waals surface area contributed by atoms with E-state index in [2.05, 4.69) is 36.5 Å². The Bertz CT molecular complexity index is 982. The molecule has 0 saturated heterocycles. The third kappa shape index (κ3) is 4.35. The Morgan fingerprint density at radius 3 is 2.61 bits per heavy atom. The maximum absolute atomic E-state index is 9.51. The van der Waals surface area contributed by atoms with Crippen LogP contribution in [0.5, 0.6) is 11.5 Å². The summed E-state index contributed by atoms with van der Waals surface area (Å²) in [6.07, 6.45) is 1.66. The van der Waals surface area contributed by atoms with Crippen molar-refractivity contribution in [3.05, 3.63) is 58.2 Å². The number of nitrogens with zero attached hydrogens (tertiary/aromatic N) is 2. The number of anilines is 4. The van der Waals surface area contributed by atoms with Gasteiger partial charge in [-0.2, -0.15) is 4.98 Å². The molecule has 0 atom stereocenters. The maximum Gasteiger partial charge on any atom is 0.229 e. The standard InChI is InChI=1S/C20H21BrN4O3/c1-12-8-14(9-17(27-2)18(12)28-3)23-20-22-10-15(21)19(25-20)24-16-7-5-4-6-13(16)11-26/h4-10,26H,11H2,1-3H3,(H2,22,23,24,25). The number of para-hydroxylation sites is 1. The van der Waals surface area contributed by atoms with E-state index < -0.39 is 0 Å². The number of aromatic nitrogens is 2. The molecule has 0 fully saturated rings. The number of methoxy groups -OCH3 is 2. The third-order valence-corrected chi connectivity index (χ3v) is 4.69. The number of aliphatic hydroxyl groups is 1. The van der Waals surface area contributed by atoms with Gasteiger partial charge >= 0.3 is 0 Å². The summed E-state index contributed by atoms with van der Waals surface area (Å²) < 4.78 is 11.5. The second-order valence-electron chi connectivity index (χ2n) is 5.98. The molecular formula is C20H21BrN4O3. The Hall–Kier alpha value is -2.84. The molecule has 0 amide bonds. The molecule has 3 N–H and O–H groups in total. The number of ether oxygens (including phenoxy) is 2. The first-order valence-electron chi connectivity index (χ1n) is 8.53. The van der Waals surface area contributed by atoms with Crippen LogP contribution in [0.1, 0.15) is 11.1 Å². The lowest BCUT2D eigenvalue weighted by atomic mass is 10.2. The first kappa shape index (κ1) is 19.9. The van der Waals surface area contributed by atoms with Crippen LogP contribution >= 0.6 is 15.9 Å². The van der Waals surface area contributed by atoms with Gasteiger partial charge in [-0.15, -0.1) is 0 Å². The molecule has 28 heavy (non-hydrogen) atoms. The van der Waals surface area contributed by atoms with Crippen LogP contribution in [0.3, 0.4) is 0 Å². The fourth-order valence-electron chi connectivity index (χ4n) is 2.78. The van der Waals surface area contributed by atoms with Crippen LogP contribution < -0.4 is 20.1 Å². The molecule has 0 aliphatic rings. The van der Waals surface area contributed by atoms with Crippen LogP contribution in [0.25, 0.3) is 0 Å². The van der Waals surface area contributed by atoms with Gasteiger partial charge in [0.05, 0.1) is 25.3 Å². The number of aliphatic hydroxyl groups excluding tert-OH is 1. The quantitative estimate of drug-likeness (QED) is 0.492. The fourth-order valence-corrected chi connectivity index (χ4v) is 3.07. The monoisotopic (exact) mass is 444 g/mol. The summed E-state index contributed by atoms with van der Waals surface area (Å²) in [7, 11) is 3.20. The number of hydrogen-bond acceptors (Lipinski definition) is 7. The molecule has 3 aromatic rings. The zero-order valence-corrected chi connectivity index (χ0v) is 17.4. The Kier molecular flexibility index (Phi) is 6.33. The second-order valence-corrected chi connectivity index (χ2v) is 6.84. The van der Waals surface area contributed by atoms with E-state index in [1.165, 1.54) is 0 Å². The average Bonchev–Trinajstić information content (AvgIpc) is 2.70. The van der Waals surface area contributed by atoms with Crippen LogP contribution in [0.4, 0.5) is 23.1 Å². The normalized spacial score (nSPS) is 10.5. The lowest BCUT2D eigenvalue weighted by molar-refractivity contribution is 0.282. The first-order valence-corrected chi connectivity index (χ1v) is 9.33. The fraction of sp³-hybridized carbons (Fsp3) is 0.200. The summed E-state index contributed by atoms with van der Waals surface area (Å²) in [5.41, 5.74) is 3.26.